The van der Waals surface area contributed by atoms with Crippen molar-refractivity contribution in [3.8, 4) is 5.75 Å². The Hall–Kier alpha value is -2.56. The lowest BCUT2D eigenvalue weighted by molar-refractivity contribution is -0.135. The highest BCUT2D eigenvalue weighted by Gasteiger charge is 2.20. The van der Waals surface area contributed by atoms with Gasteiger partial charge in [-0.15, -0.1) is 0 Å². The van der Waals surface area contributed by atoms with E-state index >= 15 is 0 Å². The van der Waals surface area contributed by atoms with E-state index in [1.54, 1.807) is 13.2 Å². The molecule has 1 aromatic rings. The van der Waals surface area contributed by atoms with Gasteiger partial charge in [-0.25, -0.2) is 4.79 Å². The fourth-order valence-corrected chi connectivity index (χ4v) is 1.72. The Morgan fingerprint density at radius 2 is 1.95 bits per heavy atom. The number of aliphatic imine (C=N–C) groups is 1. The highest BCUT2D eigenvalue weighted by molar-refractivity contribution is 6.10. The third-order valence-corrected chi connectivity index (χ3v) is 3.19. The van der Waals surface area contributed by atoms with E-state index in [2.05, 4.69) is 9.73 Å². The Bertz CT molecular complexity index is 610. The van der Waals surface area contributed by atoms with Crippen molar-refractivity contribution in [1.82, 2.24) is 0 Å². The predicted molar refractivity (Wildman–Crippen MR) is 85.2 cm³/mol. The SMILES string of the molecule is COC(=O)/C(C=NC1CC1)=C(/O)C=Cc1ccc(OC)cc1. The first-order chi connectivity index (χ1) is 10.6. The molecular formula is C17H19NO4. The maximum Gasteiger partial charge on any atom is 0.343 e. The van der Waals surface area contributed by atoms with Gasteiger partial charge in [0.05, 0.1) is 20.3 Å². The third kappa shape index (κ3) is 4.48. The molecule has 1 N–H and O–H groups in total. The maximum absolute atomic E-state index is 11.7. The zero-order valence-corrected chi connectivity index (χ0v) is 12.7. The van der Waals surface area contributed by atoms with Crippen LogP contribution >= 0.6 is 0 Å². The van der Waals surface area contributed by atoms with Crippen molar-refractivity contribution in [2.75, 3.05) is 14.2 Å². The van der Waals surface area contributed by atoms with E-state index in [0.717, 1.165) is 24.2 Å². The van der Waals surface area contributed by atoms with Gasteiger partial charge in [0, 0.05) is 6.21 Å². The summed E-state index contributed by atoms with van der Waals surface area (Å²) in [6.45, 7) is 0. The molecule has 0 atom stereocenters. The standard InChI is InChI=1S/C17H19NO4/c1-21-14-8-3-12(4-9-14)5-10-16(19)15(17(20)22-2)11-18-13-6-7-13/h3-5,8-11,13,19H,6-7H2,1-2H3/b10-5?,16-15+,18-11?. The summed E-state index contributed by atoms with van der Waals surface area (Å²) in [4.78, 5) is 15.9. The predicted octanol–water partition coefficient (Wildman–Crippen LogP) is 2.93. The van der Waals surface area contributed by atoms with Crippen LogP contribution in [0.4, 0.5) is 0 Å². The number of methoxy groups -OCH3 is 2. The fourth-order valence-electron chi connectivity index (χ4n) is 1.72. The lowest BCUT2D eigenvalue weighted by atomic mass is 10.1. The number of ether oxygens (including phenoxy) is 2. The number of nitrogens with zero attached hydrogens (tertiary/aromatic N) is 1. The first-order valence-electron chi connectivity index (χ1n) is 7.01. The van der Waals surface area contributed by atoms with E-state index in [-0.39, 0.29) is 17.4 Å². The molecule has 1 aliphatic rings. The average Bonchev–Trinajstić information content (AvgIpc) is 3.37. The lowest BCUT2D eigenvalue weighted by Gasteiger charge is -2.02. The molecule has 0 saturated heterocycles. The molecule has 22 heavy (non-hydrogen) atoms. The van der Waals surface area contributed by atoms with Crippen molar-refractivity contribution in [3.63, 3.8) is 0 Å². The van der Waals surface area contributed by atoms with Gasteiger partial charge in [0.25, 0.3) is 0 Å². The largest absolute Gasteiger partial charge is 0.507 e. The molecule has 1 aliphatic carbocycles. The summed E-state index contributed by atoms with van der Waals surface area (Å²) in [5.74, 6) is -0.0305. The van der Waals surface area contributed by atoms with Crippen LogP contribution in [0.15, 0.2) is 46.7 Å². The van der Waals surface area contributed by atoms with Gasteiger partial charge in [0.2, 0.25) is 0 Å². The summed E-state index contributed by atoms with van der Waals surface area (Å²) in [6, 6.07) is 7.59. The molecule has 116 valence electrons. The molecule has 0 aromatic heterocycles. The van der Waals surface area contributed by atoms with Crippen molar-refractivity contribution >= 4 is 18.3 Å². The van der Waals surface area contributed by atoms with Crippen molar-refractivity contribution in [3.05, 3.63) is 47.2 Å². The van der Waals surface area contributed by atoms with Crippen molar-refractivity contribution in [2.24, 2.45) is 4.99 Å². The molecule has 0 unspecified atom stereocenters. The van der Waals surface area contributed by atoms with Crippen LogP contribution in [0.25, 0.3) is 6.08 Å². The minimum atomic E-state index is -0.610. The van der Waals surface area contributed by atoms with Crippen LogP contribution in [0.3, 0.4) is 0 Å². The van der Waals surface area contributed by atoms with E-state index in [4.69, 9.17) is 4.74 Å². The first kappa shape index (κ1) is 15.8. The maximum atomic E-state index is 11.7. The highest BCUT2D eigenvalue weighted by atomic mass is 16.5. The van der Waals surface area contributed by atoms with Gasteiger partial charge in [0.1, 0.15) is 17.1 Å². The van der Waals surface area contributed by atoms with Gasteiger partial charge in [-0.1, -0.05) is 18.2 Å². The van der Waals surface area contributed by atoms with Crippen LogP contribution in [-0.2, 0) is 9.53 Å². The molecule has 5 nitrogen and oxygen atoms in total. The van der Waals surface area contributed by atoms with Crippen LogP contribution < -0.4 is 4.74 Å². The molecule has 0 aliphatic heterocycles. The quantitative estimate of drug-likeness (QED) is 0.288. The summed E-state index contributed by atoms with van der Waals surface area (Å²) in [5, 5.41) is 10.1. The molecular weight excluding hydrogens is 282 g/mol. The van der Waals surface area contributed by atoms with Crippen LogP contribution in [-0.4, -0.2) is 37.6 Å². The minimum Gasteiger partial charge on any atom is -0.507 e. The number of allylic oxidation sites excluding steroid dienone is 1. The molecule has 0 radical (unpaired) electrons. The molecule has 0 amide bonds. The van der Waals surface area contributed by atoms with Gasteiger partial charge < -0.3 is 14.6 Å². The smallest absolute Gasteiger partial charge is 0.343 e. The van der Waals surface area contributed by atoms with E-state index < -0.39 is 5.97 Å². The van der Waals surface area contributed by atoms with E-state index in [1.807, 2.05) is 24.3 Å². The third-order valence-electron chi connectivity index (χ3n) is 3.19. The second-order valence-corrected chi connectivity index (χ2v) is 4.91. The Morgan fingerprint density at radius 3 is 2.50 bits per heavy atom. The number of carbonyl (C=O) groups excluding carboxylic acids is 1. The minimum absolute atomic E-state index is 0.0548. The number of aliphatic hydroxyl groups is 1. The van der Waals surface area contributed by atoms with Crippen LogP contribution in [0, 0.1) is 0 Å². The highest BCUT2D eigenvalue weighted by Crippen LogP contribution is 2.23. The number of esters is 1. The topological polar surface area (TPSA) is 68.1 Å². The van der Waals surface area contributed by atoms with Crippen LogP contribution in [0.1, 0.15) is 18.4 Å². The van der Waals surface area contributed by atoms with Crippen molar-refractivity contribution < 1.29 is 19.4 Å². The lowest BCUT2D eigenvalue weighted by Crippen LogP contribution is -2.09. The summed E-state index contributed by atoms with van der Waals surface area (Å²) in [6.07, 6.45) is 6.58. The second kappa shape index (κ2) is 7.45. The van der Waals surface area contributed by atoms with Crippen molar-refractivity contribution in [2.45, 2.75) is 18.9 Å². The average molecular weight is 301 g/mol. The van der Waals surface area contributed by atoms with Crippen LogP contribution in [0.2, 0.25) is 0 Å². The van der Waals surface area contributed by atoms with Gasteiger partial charge >= 0.3 is 5.97 Å². The first-order valence-corrected chi connectivity index (χ1v) is 7.01. The summed E-state index contributed by atoms with van der Waals surface area (Å²) in [5.41, 5.74) is 0.926. The zero-order valence-electron chi connectivity index (χ0n) is 12.7. The fraction of sp³-hybridized carbons (Fsp3) is 0.294. The van der Waals surface area contributed by atoms with Gasteiger partial charge in [-0.3, -0.25) is 4.99 Å². The van der Waals surface area contributed by atoms with E-state index in [9.17, 15) is 9.90 Å². The van der Waals surface area contributed by atoms with E-state index in [0.29, 0.717) is 0 Å². The van der Waals surface area contributed by atoms with Gasteiger partial charge in [0.15, 0.2) is 0 Å². The Kier molecular flexibility index (Phi) is 5.36. The van der Waals surface area contributed by atoms with Crippen LogP contribution in [0.5, 0.6) is 5.75 Å². The normalized spacial score (nSPS) is 15.9. The summed E-state index contributed by atoms with van der Waals surface area (Å²) >= 11 is 0. The number of hydrogen-bond donors (Lipinski definition) is 1. The Morgan fingerprint density at radius 1 is 1.27 bits per heavy atom. The van der Waals surface area contributed by atoms with Gasteiger partial charge in [-0.2, -0.15) is 0 Å². The second-order valence-electron chi connectivity index (χ2n) is 4.91. The molecule has 0 bridgehead atoms. The Balaban J connectivity index is 2.17. The summed E-state index contributed by atoms with van der Waals surface area (Å²) in [7, 11) is 2.87. The Labute approximate surface area is 129 Å². The number of rotatable bonds is 6. The number of carbonyl (C=O) groups is 1. The molecule has 1 fully saturated rings. The summed E-state index contributed by atoms with van der Waals surface area (Å²) < 4.78 is 9.75. The molecule has 2 rings (SSSR count). The molecule has 1 saturated carbocycles. The van der Waals surface area contributed by atoms with Gasteiger partial charge in [-0.05, 0) is 36.6 Å². The van der Waals surface area contributed by atoms with Crippen molar-refractivity contribution in [1.29, 1.82) is 0 Å². The number of benzene rings is 1. The molecule has 0 spiro atoms. The zero-order chi connectivity index (χ0) is 15.9. The number of aliphatic hydroxyl groups excluding tert-OH is 1. The monoisotopic (exact) mass is 301 g/mol. The van der Waals surface area contributed by atoms with E-state index in [1.165, 1.54) is 19.4 Å². The molecule has 1 aromatic carbocycles. The number of hydrogen-bond acceptors (Lipinski definition) is 5. The molecule has 5 heteroatoms. The molecule has 0 heterocycles.